The zero-order valence-corrected chi connectivity index (χ0v) is 11.9. The molecule has 0 aromatic carbocycles. The fourth-order valence-electron chi connectivity index (χ4n) is 2.73. The molecular weight excluding hydrogens is 260 g/mol. The predicted molar refractivity (Wildman–Crippen MR) is 72.1 cm³/mol. The molecule has 1 saturated heterocycles. The molecule has 0 radical (unpaired) electrons. The normalized spacial score (nSPS) is 20.1. The van der Waals surface area contributed by atoms with Gasteiger partial charge in [0, 0.05) is 32.7 Å². The Morgan fingerprint density at radius 3 is 3.25 bits per heavy atom. The third kappa shape index (κ3) is 4.61. The van der Waals surface area contributed by atoms with Gasteiger partial charge in [0.05, 0.1) is 5.69 Å². The Balaban J connectivity index is 1.80. The Morgan fingerprint density at radius 1 is 1.65 bits per heavy atom. The summed E-state index contributed by atoms with van der Waals surface area (Å²) in [6, 6.07) is 1.92. The molecule has 112 valence electrons. The van der Waals surface area contributed by atoms with Gasteiger partial charge in [0.1, 0.15) is 6.61 Å². The summed E-state index contributed by atoms with van der Waals surface area (Å²) in [5.41, 5.74) is 0.913. The molecule has 6 nitrogen and oxygen atoms in total. The van der Waals surface area contributed by atoms with Crippen LogP contribution < -0.4 is 0 Å². The Bertz CT molecular complexity index is 433. The van der Waals surface area contributed by atoms with Crippen molar-refractivity contribution in [1.29, 1.82) is 0 Å². The number of hydrogen-bond donors (Lipinski definition) is 1. The van der Waals surface area contributed by atoms with E-state index in [1.165, 1.54) is 0 Å². The third-order valence-electron chi connectivity index (χ3n) is 3.65. The molecule has 1 fully saturated rings. The average molecular weight is 282 g/mol. The van der Waals surface area contributed by atoms with E-state index in [9.17, 15) is 4.79 Å². The monoisotopic (exact) mass is 282 g/mol. The quantitative estimate of drug-likeness (QED) is 0.823. The molecule has 1 aliphatic rings. The van der Waals surface area contributed by atoms with Gasteiger partial charge in [-0.2, -0.15) is 0 Å². The minimum absolute atomic E-state index is 0.264. The highest BCUT2D eigenvalue weighted by atomic mass is 16.5. The summed E-state index contributed by atoms with van der Waals surface area (Å²) in [7, 11) is 1.62. The van der Waals surface area contributed by atoms with Gasteiger partial charge in [-0.25, -0.2) is 0 Å². The molecule has 2 rings (SSSR count). The van der Waals surface area contributed by atoms with Crippen LogP contribution >= 0.6 is 0 Å². The molecule has 0 aliphatic carbocycles. The number of ether oxygens (including phenoxy) is 1. The van der Waals surface area contributed by atoms with E-state index in [4.69, 9.17) is 14.4 Å². The molecule has 1 unspecified atom stereocenters. The van der Waals surface area contributed by atoms with Crippen molar-refractivity contribution in [1.82, 2.24) is 10.1 Å². The van der Waals surface area contributed by atoms with Gasteiger partial charge in [0.2, 0.25) is 0 Å². The van der Waals surface area contributed by atoms with Crippen molar-refractivity contribution in [3.8, 4) is 0 Å². The second-order valence-corrected chi connectivity index (χ2v) is 5.39. The second-order valence-electron chi connectivity index (χ2n) is 5.39. The van der Waals surface area contributed by atoms with Crippen LogP contribution in [0.3, 0.4) is 0 Å². The lowest BCUT2D eigenvalue weighted by atomic mass is 9.93. The number of rotatable bonds is 7. The number of methoxy groups -OCH3 is 1. The van der Waals surface area contributed by atoms with Crippen LogP contribution in [0.5, 0.6) is 0 Å². The van der Waals surface area contributed by atoms with E-state index in [2.05, 4.69) is 10.1 Å². The number of aliphatic carboxylic acids is 1. The SMILES string of the molecule is COCc1cc(CN2CCCC(CCC(=O)O)C2)no1. The maximum Gasteiger partial charge on any atom is 0.303 e. The molecule has 1 N–H and O–H groups in total. The topological polar surface area (TPSA) is 75.8 Å². The molecule has 1 aromatic rings. The number of aromatic nitrogens is 1. The molecule has 1 aromatic heterocycles. The Kier molecular flexibility index (Phi) is 5.55. The van der Waals surface area contributed by atoms with Gasteiger partial charge in [-0.05, 0) is 31.7 Å². The lowest BCUT2D eigenvalue weighted by molar-refractivity contribution is -0.137. The molecule has 0 spiro atoms. The molecule has 6 heteroatoms. The lowest BCUT2D eigenvalue weighted by Crippen LogP contribution is -2.35. The van der Waals surface area contributed by atoms with Gasteiger partial charge in [0.25, 0.3) is 0 Å². The van der Waals surface area contributed by atoms with E-state index in [0.717, 1.165) is 50.4 Å². The number of nitrogens with zero attached hydrogens (tertiary/aromatic N) is 2. The minimum atomic E-state index is -0.706. The Hall–Kier alpha value is -1.40. The average Bonchev–Trinajstić information content (AvgIpc) is 2.85. The molecule has 0 amide bonds. The van der Waals surface area contributed by atoms with Crippen molar-refractivity contribution >= 4 is 5.97 Å². The highest BCUT2D eigenvalue weighted by molar-refractivity contribution is 5.66. The summed E-state index contributed by atoms with van der Waals surface area (Å²) in [6.07, 6.45) is 3.27. The summed E-state index contributed by atoms with van der Waals surface area (Å²) in [4.78, 5) is 13.0. The molecule has 1 atom stereocenters. The number of piperidine rings is 1. The number of carboxylic acid groups (broad SMARTS) is 1. The number of likely N-dealkylation sites (tertiary alicyclic amines) is 1. The van der Waals surface area contributed by atoms with Crippen molar-refractivity contribution in [3.63, 3.8) is 0 Å². The summed E-state index contributed by atoms with van der Waals surface area (Å²) in [5, 5.41) is 12.8. The van der Waals surface area contributed by atoms with Gasteiger partial charge < -0.3 is 14.4 Å². The first-order valence-electron chi connectivity index (χ1n) is 7.05. The number of carboxylic acids is 1. The maximum absolute atomic E-state index is 10.6. The Morgan fingerprint density at radius 2 is 2.50 bits per heavy atom. The van der Waals surface area contributed by atoms with Crippen LogP contribution in [0.1, 0.15) is 37.1 Å². The molecule has 2 heterocycles. The highest BCUT2D eigenvalue weighted by Crippen LogP contribution is 2.22. The van der Waals surface area contributed by atoms with E-state index in [1.54, 1.807) is 7.11 Å². The fraction of sp³-hybridized carbons (Fsp3) is 0.714. The lowest BCUT2D eigenvalue weighted by Gasteiger charge is -2.31. The number of carbonyl (C=O) groups is 1. The van der Waals surface area contributed by atoms with Crippen LogP contribution in [0.2, 0.25) is 0 Å². The summed E-state index contributed by atoms with van der Waals surface area (Å²) < 4.78 is 10.2. The fourth-order valence-corrected chi connectivity index (χ4v) is 2.73. The molecule has 20 heavy (non-hydrogen) atoms. The van der Waals surface area contributed by atoms with Crippen LogP contribution in [0.25, 0.3) is 0 Å². The van der Waals surface area contributed by atoms with Crippen molar-refractivity contribution in [2.24, 2.45) is 5.92 Å². The third-order valence-corrected chi connectivity index (χ3v) is 3.65. The molecule has 1 aliphatic heterocycles. The van der Waals surface area contributed by atoms with E-state index in [-0.39, 0.29) is 6.42 Å². The zero-order chi connectivity index (χ0) is 14.4. The standard InChI is InChI=1S/C14H22N2O4/c1-19-10-13-7-12(15-20-13)9-16-6-2-3-11(8-16)4-5-14(17)18/h7,11H,2-6,8-10H2,1H3,(H,17,18). The van der Waals surface area contributed by atoms with Crippen molar-refractivity contribution in [2.45, 2.75) is 38.8 Å². The van der Waals surface area contributed by atoms with Gasteiger partial charge in [-0.15, -0.1) is 0 Å². The second kappa shape index (κ2) is 7.40. The first kappa shape index (κ1) is 15.0. The Labute approximate surface area is 118 Å². The first-order chi connectivity index (χ1) is 9.67. The predicted octanol–water partition coefficient (Wildman–Crippen LogP) is 1.90. The number of hydrogen-bond acceptors (Lipinski definition) is 5. The molecule has 0 saturated carbocycles. The van der Waals surface area contributed by atoms with Crippen molar-refractivity contribution in [2.75, 3.05) is 20.2 Å². The van der Waals surface area contributed by atoms with Crippen molar-refractivity contribution in [3.05, 3.63) is 17.5 Å². The van der Waals surface area contributed by atoms with Crippen LogP contribution in [-0.4, -0.2) is 41.3 Å². The van der Waals surface area contributed by atoms with Gasteiger partial charge in [-0.1, -0.05) is 5.16 Å². The highest BCUT2D eigenvalue weighted by Gasteiger charge is 2.21. The van der Waals surface area contributed by atoms with Crippen LogP contribution in [0, 0.1) is 5.92 Å². The van der Waals surface area contributed by atoms with E-state index in [1.807, 2.05) is 6.07 Å². The van der Waals surface area contributed by atoms with Gasteiger partial charge >= 0.3 is 5.97 Å². The summed E-state index contributed by atoms with van der Waals surface area (Å²) in [5.74, 6) is 0.509. The molecular formula is C14H22N2O4. The summed E-state index contributed by atoms with van der Waals surface area (Å²) in [6.45, 7) is 3.18. The summed E-state index contributed by atoms with van der Waals surface area (Å²) >= 11 is 0. The zero-order valence-electron chi connectivity index (χ0n) is 11.9. The van der Waals surface area contributed by atoms with Gasteiger partial charge in [-0.3, -0.25) is 9.69 Å². The van der Waals surface area contributed by atoms with Crippen LogP contribution in [-0.2, 0) is 22.7 Å². The smallest absolute Gasteiger partial charge is 0.303 e. The largest absolute Gasteiger partial charge is 0.481 e. The van der Waals surface area contributed by atoms with E-state index < -0.39 is 5.97 Å². The van der Waals surface area contributed by atoms with E-state index >= 15 is 0 Å². The van der Waals surface area contributed by atoms with Crippen LogP contribution in [0.4, 0.5) is 0 Å². The van der Waals surface area contributed by atoms with Crippen LogP contribution in [0.15, 0.2) is 10.6 Å². The van der Waals surface area contributed by atoms with E-state index in [0.29, 0.717) is 12.5 Å². The first-order valence-corrected chi connectivity index (χ1v) is 7.05. The molecule has 0 bridgehead atoms. The van der Waals surface area contributed by atoms with Crippen molar-refractivity contribution < 1.29 is 19.2 Å². The maximum atomic E-state index is 10.6. The minimum Gasteiger partial charge on any atom is -0.481 e. The van der Waals surface area contributed by atoms with Gasteiger partial charge in [0.15, 0.2) is 5.76 Å².